The van der Waals surface area contributed by atoms with E-state index in [1.54, 1.807) is 30.3 Å². The molecule has 0 spiro atoms. The molecule has 2 N–H and O–H groups in total. The van der Waals surface area contributed by atoms with Gasteiger partial charge in [-0.15, -0.1) is 0 Å². The maximum atomic E-state index is 12.1. The Morgan fingerprint density at radius 2 is 1.68 bits per heavy atom. The lowest BCUT2D eigenvalue weighted by Crippen LogP contribution is -2.28. The molecule has 0 aliphatic rings. The van der Waals surface area contributed by atoms with Crippen LogP contribution in [0, 0.1) is 13.8 Å². The second kappa shape index (κ2) is 9.68. The summed E-state index contributed by atoms with van der Waals surface area (Å²) in [6.45, 7) is 3.09. The molecule has 0 unspecified atom stereocenters. The number of halogens is 1. The van der Waals surface area contributed by atoms with Gasteiger partial charge in [0.05, 0.1) is 22.0 Å². The van der Waals surface area contributed by atoms with Gasteiger partial charge in [0.2, 0.25) is 10.0 Å². The molecule has 0 aliphatic carbocycles. The summed E-state index contributed by atoms with van der Waals surface area (Å²) in [5.41, 5.74) is 2.30. The van der Waals surface area contributed by atoms with Crippen LogP contribution in [0.2, 0.25) is 5.02 Å². The Hall–Kier alpha value is -2.42. The minimum atomic E-state index is -3.70. The molecule has 1 amide bonds. The molecule has 0 saturated heterocycles. The van der Waals surface area contributed by atoms with Crippen molar-refractivity contribution in [1.29, 1.82) is 0 Å². The third-order valence-electron chi connectivity index (χ3n) is 3.72. The molecule has 28 heavy (non-hydrogen) atoms. The van der Waals surface area contributed by atoms with Crippen LogP contribution in [0.4, 0.5) is 5.69 Å². The average Bonchev–Trinajstić information content (AvgIpc) is 2.62. The number of rotatable bonds is 8. The number of nitrogens with one attached hydrogen (secondary N) is 2. The number of aryl methyl sites for hydroxylation is 2. The summed E-state index contributed by atoms with van der Waals surface area (Å²) in [5, 5.41) is 2.92. The lowest BCUT2D eigenvalue weighted by molar-refractivity contribution is -0.147. The summed E-state index contributed by atoms with van der Waals surface area (Å²) in [7, 11) is -3.70. The van der Waals surface area contributed by atoms with Crippen LogP contribution in [-0.4, -0.2) is 33.4 Å². The van der Waals surface area contributed by atoms with Gasteiger partial charge in [0.15, 0.2) is 6.61 Å². The summed E-state index contributed by atoms with van der Waals surface area (Å²) >= 11 is 6.02. The molecule has 0 heterocycles. The number of esters is 1. The zero-order chi connectivity index (χ0) is 20.7. The average molecular weight is 425 g/mol. The first-order valence-corrected chi connectivity index (χ1v) is 10.3. The Bertz CT molecular complexity index is 959. The standard InChI is InChI=1S/C19H21ClN2O5S/c1-13-3-6-15(7-4-13)28(25,26)21-10-9-19(24)27-12-18(23)22-17-8-5-14(2)11-16(17)20/h3-8,11,21H,9-10,12H2,1-2H3,(H,22,23). The maximum absolute atomic E-state index is 12.1. The first-order valence-electron chi connectivity index (χ1n) is 8.45. The summed E-state index contributed by atoms with van der Waals surface area (Å²) in [6, 6.07) is 11.5. The molecule has 0 aliphatic heterocycles. The normalized spacial score (nSPS) is 11.1. The van der Waals surface area contributed by atoms with Crippen molar-refractivity contribution in [3.8, 4) is 0 Å². The van der Waals surface area contributed by atoms with Crippen LogP contribution in [0.15, 0.2) is 47.4 Å². The van der Waals surface area contributed by atoms with Gasteiger partial charge >= 0.3 is 5.97 Å². The van der Waals surface area contributed by atoms with Crippen LogP contribution in [0.25, 0.3) is 0 Å². The van der Waals surface area contributed by atoms with Gasteiger partial charge < -0.3 is 10.1 Å². The van der Waals surface area contributed by atoms with Crippen LogP contribution in [0.5, 0.6) is 0 Å². The van der Waals surface area contributed by atoms with E-state index in [4.69, 9.17) is 16.3 Å². The van der Waals surface area contributed by atoms with Crippen molar-refractivity contribution in [3.63, 3.8) is 0 Å². The molecule has 0 bridgehead atoms. The highest BCUT2D eigenvalue weighted by Gasteiger charge is 2.15. The van der Waals surface area contributed by atoms with E-state index in [0.717, 1.165) is 11.1 Å². The Morgan fingerprint density at radius 1 is 1.04 bits per heavy atom. The summed E-state index contributed by atoms with van der Waals surface area (Å²) in [5.74, 6) is -1.24. The van der Waals surface area contributed by atoms with Crippen molar-refractivity contribution in [2.75, 3.05) is 18.5 Å². The second-order valence-electron chi connectivity index (χ2n) is 6.15. The van der Waals surface area contributed by atoms with E-state index >= 15 is 0 Å². The number of sulfonamides is 1. The van der Waals surface area contributed by atoms with E-state index in [-0.39, 0.29) is 17.9 Å². The molecule has 9 heteroatoms. The van der Waals surface area contributed by atoms with Gasteiger partial charge in [0, 0.05) is 6.54 Å². The SMILES string of the molecule is Cc1ccc(S(=O)(=O)NCCC(=O)OCC(=O)Nc2ccc(C)cc2Cl)cc1. The van der Waals surface area contributed by atoms with Crippen LogP contribution in [-0.2, 0) is 24.3 Å². The number of amides is 1. The van der Waals surface area contributed by atoms with Crippen molar-refractivity contribution in [2.45, 2.75) is 25.2 Å². The van der Waals surface area contributed by atoms with Gasteiger partial charge in [-0.2, -0.15) is 0 Å². The molecule has 0 saturated carbocycles. The number of ether oxygens (including phenoxy) is 1. The minimum absolute atomic E-state index is 0.112. The largest absolute Gasteiger partial charge is 0.456 e. The Kier molecular flexibility index (Phi) is 7.56. The number of anilines is 1. The lowest BCUT2D eigenvalue weighted by Gasteiger charge is -2.09. The number of benzene rings is 2. The highest BCUT2D eigenvalue weighted by Crippen LogP contribution is 2.22. The van der Waals surface area contributed by atoms with Crippen molar-refractivity contribution in [1.82, 2.24) is 4.72 Å². The zero-order valence-corrected chi connectivity index (χ0v) is 17.1. The highest BCUT2D eigenvalue weighted by molar-refractivity contribution is 7.89. The smallest absolute Gasteiger partial charge is 0.307 e. The van der Waals surface area contributed by atoms with E-state index in [9.17, 15) is 18.0 Å². The number of carbonyl (C=O) groups excluding carboxylic acids is 2. The lowest BCUT2D eigenvalue weighted by atomic mass is 10.2. The molecule has 2 aromatic rings. The molecule has 150 valence electrons. The van der Waals surface area contributed by atoms with Crippen molar-refractivity contribution in [2.24, 2.45) is 0 Å². The van der Waals surface area contributed by atoms with Crippen LogP contribution >= 0.6 is 11.6 Å². The highest BCUT2D eigenvalue weighted by atomic mass is 35.5. The van der Waals surface area contributed by atoms with Crippen LogP contribution in [0.3, 0.4) is 0 Å². The monoisotopic (exact) mass is 424 g/mol. The van der Waals surface area contributed by atoms with Crippen molar-refractivity contribution >= 4 is 39.2 Å². The van der Waals surface area contributed by atoms with Gasteiger partial charge in [-0.25, -0.2) is 13.1 Å². The fraction of sp³-hybridized carbons (Fsp3) is 0.263. The topological polar surface area (TPSA) is 102 Å². The third kappa shape index (κ3) is 6.63. The molecule has 0 aromatic heterocycles. The van der Waals surface area contributed by atoms with Gasteiger partial charge in [0.25, 0.3) is 5.91 Å². The predicted molar refractivity (Wildman–Crippen MR) is 107 cm³/mol. The number of hydrogen-bond donors (Lipinski definition) is 2. The van der Waals surface area contributed by atoms with Crippen molar-refractivity contribution < 1.29 is 22.7 Å². The third-order valence-corrected chi connectivity index (χ3v) is 5.51. The summed E-state index contributed by atoms with van der Waals surface area (Å²) in [6.07, 6.45) is -0.205. The Balaban J connectivity index is 1.75. The molecule has 7 nitrogen and oxygen atoms in total. The van der Waals surface area contributed by atoms with Gasteiger partial charge in [-0.05, 0) is 43.7 Å². The predicted octanol–water partition coefficient (Wildman–Crippen LogP) is 2.81. The van der Waals surface area contributed by atoms with E-state index in [0.29, 0.717) is 10.7 Å². The molecule has 0 radical (unpaired) electrons. The van der Waals surface area contributed by atoms with E-state index < -0.39 is 28.5 Å². The van der Waals surface area contributed by atoms with Gasteiger partial charge in [-0.1, -0.05) is 35.4 Å². The first-order chi connectivity index (χ1) is 13.2. The van der Waals surface area contributed by atoms with Crippen LogP contribution in [0.1, 0.15) is 17.5 Å². The quantitative estimate of drug-likeness (QED) is 0.634. The molecule has 2 rings (SSSR count). The van der Waals surface area contributed by atoms with Crippen molar-refractivity contribution in [3.05, 3.63) is 58.6 Å². The van der Waals surface area contributed by atoms with Crippen LogP contribution < -0.4 is 10.0 Å². The molecule has 0 fully saturated rings. The second-order valence-corrected chi connectivity index (χ2v) is 8.33. The molecule has 0 atom stereocenters. The molecule has 2 aromatic carbocycles. The summed E-state index contributed by atoms with van der Waals surface area (Å²) < 4.78 is 31.4. The number of hydrogen-bond acceptors (Lipinski definition) is 5. The van der Waals surface area contributed by atoms with Gasteiger partial charge in [0.1, 0.15) is 0 Å². The fourth-order valence-electron chi connectivity index (χ4n) is 2.21. The number of carbonyl (C=O) groups is 2. The maximum Gasteiger partial charge on any atom is 0.307 e. The van der Waals surface area contributed by atoms with E-state index in [1.807, 2.05) is 13.8 Å². The van der Waals surface area contributed by atoms with E-state index in [1.165, 1.54) is 12.1 Å². The molecular weight excluding hydrogens is 404 g/mol. The molecular formula is C19H21ClN2O5S. The Morgan fingerprint density at radius 3 is 2.32 bits per heavy atom. The fourth-order valence-corrected chi connectivity index (χ4v) is 3.53. The minimum Gasteiger partial charge on any atom is -0.456 e. The zero-order valence-electron chi connectivity index (χ0n) is 15.5. The Labute approximate surface area is 169 Å². The first kappa shape index (κ1) is 21.9. The summed E-state index contributed by atoms with van der Waals surface area (Å²) in [4.78, 5) is 23.7. The van der Waals surface area contributed by atoms with E-state index in [2.05, 4.69) is 10.0 Å². The van der Waals surface area contributed by atoms with Gasteiger partial charge in [-0.3, -0.25) is 9.59 Å².